The highest BCUT2D eigenvalue weighted by Crippen LogP contribution is 2.33. The molecular weight excluding hydrogens is 454 g/mol. The predicted molar refractivity (Wildman–Crippen MR) is 105 cm³/mol. The zero-order valence-corrected chi connectivity index (χ0v) is 16.5. The van der Waals surface area contributed by atoms with Crippen LogP contribution in [0.25, 0.3) is 16.9 Å². The van der Waals surface area contributed by atoms with Crippen LogP contribution >= 0.6 is 11.3 Å². The summed E-state index contributed by atoms with van der Waals surface area (Å²) in [7, 11) is 0. The highest BCUT2D eigenvalue weighted by Gasteiger charge is 2.42. The summed E-state index contributed by atoms with van der Waals surface area (Å²) in [6.45, 7) is 0. The van der Waals surface area contributed by atoms with Crippen LogP contribution < -0.4 is 11.1 Å². The second-order valence-corrected chi connectivity index (χ2v) is 7.19. The first-order valence-corrected chi connectivity index (χ1v) is 9.56. The van der Waals surface area contributed by atoms with Gasteiger partial charge in [0.1, 0.15) is 11.5 Å². The molecule has 32 heavy (non-hydrogen) atoms. The number of rotatable bonds is 5. The van der Waals surface area contributed by atoms with E-state index < -0.39 is 35.2 Å². The molecule has 1 aromatic carbocycles. The Kier molecular flexibility index (Phi) is 5.22. The van der Waals surface area contributed by atoms with Crippen molar-refractivity contribution in [1.82, 2.24) is 25.0 Å². The molecule has 0 aliphatic carbocycles. The van der Waals surface area contributed by atoms with E-state index in [0.717, 1.165) is 23.5 Å². The lowest BCUT2D eigenvalue weighted by atomic mass is 10.2. The molecule has 0 saturated carbocycles. The molecule has 0 unspecified atom stereocenters. The summed E-state index contributed by atoms with van der Waals surface area (Å²) in [5.41, 5.74) is 3.44. The Morgan fingerprint density at radius 1 is 1.22 bits per heavy atom. The van der Waals surface area contributed by atoms with Crippen molar-refractivity contribution in [3.8, 4) is 16.9 Å². The Morgan fingerprint density at radius 2 is 2.00 bits per heavy atom. The highest BCUT2D eigenvalue weighted by atomic mass is 32.1. The number of H-pyrrole nitrogens is 1. The van der Waals surface area contributed by atoms with Crippen molar-refractivity contribution in [3.05, 3.63) is 64.8 Å². The molecule has 0 bridgehead atoms. The van der Waals surface area contributed by atoms with Gasteiger partial charge in [-0.1, -0.05) is 11.3 Å². The van der Waals surface area contributed by atoms with Gasteiger partial charge in [0.05, 0.1) is 11.4 Å². The molecule has 0 radical (unpaired) electrons. The molecule has 14 heteroatoms. The van der Waals surface area contributed by atoms with Gasteiger partial charge in [0, 0.05) is 17.1 Å². The molecule has 3 heterocycles. The number of primary amides is 1. The Bertz CT molecular complexity index is 1320. The van der Waals surface area contributed by atoms with E-state index in [2.05, 4.69) is 25.6 Å². The molecule has 0 spiro atoms. The maximum Gasteiger partial charge on any atom is 0.435 e. The summed E-state index contributed by atoms with van der Waals surface area (Å²) < 4.78 is 54.9. The number of amides is 2. The van der Waals surface area contributed by atoms with Crippen molar-refractivity contribution in [3.63, 3.8) is 0 Å². The van der Waals surface area contributed by atoms with Crippen LogP contribution in [0.3, 0.4) is 0 Å². The number of carbonyl (C=O) groups is 2. The first-order chi connectivity index (χ1) is 15.1. The SMILES string of the molecule is NC(=O)c1cc(-c2csc(NC(=O)c3nnn(-c4cccc(F)c4)c3C(F)(F)F)n2)c[nH]1. The van der Waals surface area contributed by atoms with Crippen molar-refractivity contribution in [2.75, 3.05) is 5.32 Å². The van der Waals surface area contributed by atoms with Gasteiger partial charge in [-0.15, -0.1) is 16.4 Å². The lowest BCUT2D eigenvalue weighted by molar-refractivity contribution is -0.143. The van der Waals surface area contributed by atoms with E-state index in [-0.39, 0.29) is 16.5 Å². The standard InChI is InChI=1S/C18H11F4N7O2S/c19-9-2-1-3-10(5-9)29-14(18(20,21)22)13(27-28-29)16(31)26-17-25-12(7-32-17)8-4-11(15(23)30)24-6-8/h1-7,24H,(H2,23,30)(H,25,26,31). The molecule has 4 aromatic rings. The number of carbonyl (C=O) groups excluding carboxylic acids is 2. The fourth-order valence-corrected chi connectivity index (χ4v) is 3.50. The number of nitrogens with one attached hydrogen (secondary N) is 2. The number of halogens is 4. The number of hydrogen-bond acceptors (Lipinski definition) is 6. The maximum absolute atomic E-state index is 13.7. The third-order valence-electron chi connectivity index (χ3n) is 4.18. The molecule has 4 rings (SSSR count). The molecular formula is C18H11F4N7O2S. The van der Waals surface area contributed by atoms with E-state index >= 15 is 0 Å². The molecule has 4 N–H and O–H groups in total. The number of benzene rings is 1. The Morgan fingerprint density at radius 3 is 2.66 bits per heavy atom. The summed E-state index contributed by atoms with van der Waals surface area (Å²) in [4.78, 5) is 30.5. The number of aromatic amines is 1. The number of thiazole rings is 1. The zero-order chi connectivity index (χ0) is 23.0. The van der Waals surface area contributed by atoms with Gasteiger partial charge in [0.2, 0.25) is 0 Å². The van der Waals surface area contributed by atoms with Crippen LogP contribution in [0.15, 0.2) is 41.9 Å². The van der Waals surface area contributed by atoms with Crippen molar-refractivity contribution >= 4 is 28.3 Å². The molecule has 3 aromatic heterocycles. The predicted octanol–water partition coefficient (Wildman–Crippen LogP) is 3.23. The number of anilines is 1. The second kappa shape index (κ2) is 7.88. The number of alkyl halides is 3. The summed E-state index contributed by atoms with van der Waals surface area (Å²) in [6, 6.07) is 5.72. The van der Waals surface area contributed by atoms with Crippen LogP contribution in [-0.2, 0) is 6.18 Å². The topological polar surface area (TPSA) is 132 Å². The van der Waals surface area contributed by atoms with Crippen LogP contribution in [-0.4, -0.2) is 36.8 Å². The van der Waals surface area contributed by atoms with Gasteiger partial charge >= 0.3 is 6.18 Å². The van der Waals surface area contributed by atoms with Crippen LogP contribution in [0.1, 0.15) is 26.7 Å². The molecule has 0 aliphatic heterocycles. The largest absolute Gasteiger partial charge is 0.435 e. The molecule has 0 fully saturated rings. The van der Waals surface area contributed by atoms with Gasteiger partial charge in [-0.2, -0.15) is 13.2 Å². The van der Waals surface area contributed by atoms with E-state index in [4.69, 9.17) is 5.73 Å². The van der Waals surface area contributed by atoms with E-state index in [1.165, 1.54) is 29.8 Å². The first kappa shape index (κ1) is 21.2. The van der Waals surface area contributed by atoms with Gasteiger partial charge in [0.15, 0.2) is 16.5 Å². The summed E-state index contributed by atoms with van der Waals surface area (Å²) in [6.07, 6.45) is -3.54. The van der Waals surface area contributed by atoms with Gasteiger partial charge in [-0.25, -0.2) is 14.1 Å². The van der Waals surface area contributed by atoms with Crippen molar-refractivity contribution in [2.45, 2.75) is 6.18 Å². The zero-order valence-electron chi connectivity index (χ0n) is 15.6. The molecule has 0 atom stereocenters. The van der Waals surface area contributed by atoms with Gasteiger partial charge in [0.25, 0.3) is 11.8 Å². The van der Waals surface area contributed by atoms with E-state index in [0.29, 0.717) is 15.9 Å². The van der Waals surface area contributed by atoms with Crippen LogP contribution in [0.2, 0.25) is 0 Å². The fraction of sp³-hybridized carbons (Fsp3) is 0.0556. The minimum atomic E-state index is -5.01. The Hall–Kier alpha value is -4.07. The molecule has 9 nitrogen and oxygen atoms in total. The van der Waals surface area contributed by atoms with Crippen molar-refractivity contribution in [2.24, 2.45) is 5.73 Å². The number of aromatic nitrogens is 5. The maximum atomic E-state index is 13.7. The fourth-order valence-electron chi connectivity index (χ4n) is 2.78. The Balaban J connectivity index is 1.63. The third kappa shape index (κ3) is 4.07. The van der Waals surface area contributed by atoms with Crippen molar-refractivity contribution < 1.29 is 27.2 Å². The average molecular weight is 465 g/mol. The van der Waals surface area contributed by atoms with Crippen molar-refractivity contribution in [1.29, 1.82) is 0 Å². The van der Waals surface area contributed by atoms with Gasteiger partial charge < -0.3 is 10.7 Å². The molecule has 0 aliphatic rings. The summed E-state index contributed by atoms with van der Waals surface area (Å²) in [5, 5.41) is 10.5. The number of hydrogen-bond donors (Lipinski definition) is 3. The van der Waals surface area contributed by atoms with E-state index in [9.17, 15) is 27.2 Å². The molecule has 164 valence electrons. The summed E-state index contributed by atoms with van der Waals surface area (Å²) >= 11 is 0.945. The van der Waals surface area contributed by atoms with Crippen LogP contribution in [0.5, 0.6) is 0 Å². The quantitative estimate of drug-likeness (QED) is 0.390. The molecule has 2 amide bonds. The lowest BCUT2D eigenvalue weighted by Crippen LogP contribution is -2.21. The smallest absolute Gasteiger partial charge is 0.364 e. The van der Waals surface area contributed by atoms with E-state index in [1.54, 1.807) is 0 Å². The highest BCUT2D eigenvalue weighted by molar-refractivity contribution is 7.14. The van der Waals surface area contributed by atoms with E-state index in [1.807, 2.05) is 0 Å². The first-order valence-electron chi connectivity index (χ1n) is 8.68. The van der Waals surface area contributed by atoms with Crippen LogP contribution in [0.4, 0.5) is 22.7 Å². The van der Waals surface area contributed by atoms with Gasteiger partial charge in [-0.3, -0.25) is 14.9 Å². The van der Waals surface area contributed by atoms with Crippen LogP contribution in [0, 0.1) is 5.82 Å². The minimum Gasteiger partial charge on any atom is -0.364 e. The normalized spacial score (nSPS) is 11.5. The average Bonchev–Trinajstić information content (AvgIpc) is 3.46. The summed E-state index contributed by atoms with van der Waals surface area (Å²) in [5.74, 6) is -2.66. The number of nitrogens with zero attached hydrogens (tertiary/aromatic N) is 4. The lowest BCUT2D eigenvalue weighted by Gasteiger charge is -2.11. The number of nitrogens with two attached hydrogens (primary N) is 1. The third-order valence-corrected chi connectivity index (χ3v) is 4.93. The Labute approximate surface area is 179 Å². The van der Waals surface area contributed by atoms with Gasteiger partial charge in [-0.05, 0) is 24.3 Å². The molecule has 0 saturated heterocycles. The minimum absolute atomic E-state index is 0.0137. The second-order valence-electron chi connectivity index (χ2n) is 6.33. The monoisotopic (exact) mass is 465 g/mol.